The quantitative estimate of drug-likeness (QED) is 0.770. The van der Waals surface area contributed by atoms with Crippen LogP contribution in [0.25, 0.3) is 0 Å². The van der Waals surface area contributed by atoms with Crippen molar-refractivity contribution in [3.63, 3.8) is 0 Å². The molecule has 26 heavy (non-hydrogen) atoms. The van der Waals surface area contributed by atoms with Crippen molar-refractivity contribution in [3.8, 4) is 0 Å². The zero-order chi connectivity index (χ0) is 19.9. The van der Waals surface area contributed by atoms with Gasteiger partial charge in [0.2, 0.25) is 0 Å². The van der Waals surface area contributed by atoms with Crippen molar-refractivity contribution in [3.05, 3.63) is 29.6 Å². The van der Waals surface area contributed by atoms with Crippen LogP contribution < -0.4 is 5.46 Å². The van der Waals surface area contributed by atoms with Crippen LogP contribution in [0.1, 0.15) is 54.0 Å². The summed E-state index contributed by atoms with van der Waals surface area (Å²) in [6.07, 6.45) is -0.471. The molecule has 0 N–H and O–H groups in total. The van der Waals surface area contributed by atoms with E-state index in [4.69, 9.17) is 14.0 Å². The summed E-state index contributed by atoms with van der Waals surface area (Å²) in [6.45, 7) is 13.4. The number of halogens is 1. The molecule has 1 saturated heterocycles. The molecular weight excluding hydrogens is 336 g/mol. The Kier molecular flexibility index (Phi) is 5.46. The SMILES string of the molecule is CN(Cc1cc(F)ccc1B1OC(C)(C)C(C)(C)O1)C(=O)OC(C)(C)C. The van der Waals surface area contributed by atoms with Crippen molar-refractivity contribution in [2.75, 3.05) is 7.05 Å². The summed E-state index contributed by atoms with van der Waals surface area (Å²) in [6, 6.07) is 4.42. The Bertz CT molecular complexity index is 669. The minimum absolute atomic E-state index is 0.187. The molecule has 5 nitrogen and oxygen atoms in total. The van der Waals surface area contributed by atoms with Gasteiger partial charge in [-0.3, -0.25) is 0 Å². The van der Waals surface area contributed by atoms with Crippen molar-refractivity contribution < 1.29 is 23.2 Å². The van der Waals surface area contributed by atoms with Crippen molar-refractivity contribution in [2.45, 2.75) is 71.8 Å². The van der Waals surface area contributed by atoms with Gasteiger partial charge in [-0.25, -0.2) is 9.18 Å². The predicted octanol–water partition coefficient (Wildman–Crippen LogP) is 3.49. The van der Waals surface area contributed by atoms with Gasteiger partial charge in [-0.15, -0.1) is 0 Å². The van der Waals surface area contributed by atoms with Gasteiger partial charge < -0.3 is 18.9 Å². The molecule has 2 rings (SSSR count). The van der Waals surface area contributed by atoms with Crippen LogP contribution in [0.15, 0.2) is 18.2 Å². The Morgan fingerprint density at radius 1 is 1.19 bits per heavy atom. The van der Waals surface area contributed by atoms with E-state index in [-0.39, 0.29) is 12.4 Å². The summed E-state index contributed by atoms with van der Waals surface area (Å²) < 4.78 is 31.4. The van der Waals surface area contributed by atoms with Gasteiger partial charge in [0.15, 0.2) is 0 Å². The van der Waals surface area contributed by atoms with Crippen LogP contribution in [0.5, 0.6) is 0 Å². The first-order chi connectivity index (χ1) is 11.7. The first-order valence-electron chi connectivity index (χ1n) is 8.80. The second-order valence-electron chi connectivity index (χ2n) is 8.77. The molecule has 1 aliphatic rings. The van der Waals surface area contributed by atoms with Gasteiger partial charge in [0.25, 0.3) is 0 Å². The highest BCUT2D eigenvalue weighted by atomic mass is 19.1. The van der Waals surface area contributed by atoms with Gasteiger partial charge in [-0.2, -0.15) is 0 Å². The van der Waals surface area contributed by atoms with E-state index in [1.54, 1.807) is 33.9 Å². The minimum atomic E-state index is -0.623. The zero-order valence-electron chi connectivity index (χ0n) is 17.0. The van der Waals surface area contributed by atoms with Gasteiger partial charge in [-0.05, 0) is 71.6 Å². The summed E-state index contributed by atoms with van der Waals surface area (Å²) in [5, 5.41) is 0. The lowest BCUT2D eigenvalue weighted by Crippen LogP contribution is -2.41. The number of ether oxygens (including phenoxy) is 1. The van der Waals surface area contributed by atoms with E-state index < -0.39 is 30.0 Å². The molecule has 1 aromatic carbocycles. The number of carbonyl (C=O) groups is 1. The Labute approximate surface area is 155 Å². The molecule has 144 valence electrons. The molecule has 0 bridgehead atoms. The summed E-state index contributed by atoms with van der Waals surface area (Å²) in [7, 11) is 0.995. The molecule has 0 aromatic heterocycles. The Morgan fingerprint density at radius 2 is 1.73 bits per heavy atom. The van der Waals surface area contributed by atoms with Gasteiger partial charge in [0, 0.05) is 13.6 Å². The van der Waals surface area contributed by atoms with Crippen molar-refractivity contribution in [1.82, 2.24) is 4.90 Å². The maximum absolute atomic E-state index is 13.8. The van der Waals surface area contributed by atoms with E-state index in [1.165, 1.54) is 17.0 Å². The Hall–Kier alpha value is -1.60. The van der Waals surface area contributed by atoms with E-state index in [9.17, 15) is 9.18 Å². The lowest BCUT2D eigenvalue weighted by Gasteiger charge is -2.32. The monoisotopic (exact) mass is 365 g/mol. The molecule has 1 aromatic rings. The minimum Gasteiger partial charge on any atom is -0.444 e. The van der Waals surface area contributed by atoms with E-state index in [0.29, 0.717) is 11.0 Å². The topological polar surface area (TPSA) is 48.0 Å². The van der Waals surface area contributed by atoms with E-state index in [2.05, 4.69) is 0 Å². The maximum Gasteiger partial charge on any atom is 0.495 e. The van der Waals surface area contributed by atoms with Crippen molar-refractivity contribution in [2.24, 2.45) is 0 Å². The van der Waals surface area contributed by atoms with Crippen LogP contribution >= 0.6 is 0 Å². The summed E-state index contributed by atoms with van der Waals surface area (Å²) in [5.74, 6) is -0.377. The molecule has 1 aliphatic heterocycles. The first-order valence-corrected chi connectivity index (χ1v) is 8.80. The van der Waals surface area contributed by atoms with Gasteiger partial charge in [-0.1, -0.05) is 6.07 Å². The second kappa shape index (κ2) is 6.85. The third-order valence-corrected chi connectivity index (χ3v) is 4.72. The first kappa shape index (κ1) is 20.7. The maximum atomic E-state index is 13.8. The number of hydrogen-bond donors (Lipinski definition) is 0. The lowest BCUT2D eigenvalue weighted by molar-refractivity contribution is 0.00578. The Balaban J connectivity index is 2.25. The normalized spacial score (nSPS) is 18.7. The number of benzene rings is 1. The largest absolute Gasteiger partial charge is 0.495 e. The number of nitrogens with zero attached hydrogens (tertiary/aromatic N) is 1. The summed E-state index contributed by atoms with van der Waals surface area (Å²) >= 11 is 0. The van der Waals surface area contributed by atoms with Crippen LogP contribution in [0.3, 0.4) is 0 Å². The average Bonchev–Trinajstić information content (AvgIpc) is 2.65. The highest BCUT2D eigenvalue weighted by Gasteiger charge is 2.52. The fourth-order valence-corrected chi connectivity index (χ4v) is 2.57. The number of amides is 1. The fraction of sp³-hybridized carbons (Fsp3) is 0.632. The van der Waals surface area contributed by atoms with Crippen LogP contribution in [0.2, 0.25) is 0 Å². The zero-order valence-corrected chi connectivity index (χ0v) is 17.0. The molecule has 7 heteroatoms. The molecule has 1 amide bonds. The molecule has 0 atom stereocenters. The third-order valence-electron chi connectivity index (χ3n) is 4.72. The number of carbonyl (C=O) groups excluding carboxylic acids is 1. The number of hydrogen-bond acceptors (Lipinski definition) is 4. The molecule has 0 radical (unpaired) electrons. The predicted molar refractivity (Wildman–Crippen MR) is 99.8 cm³/mol. The molecule has 1 heterocycles. The highest BCUT2D eigenvalue weighted by molar-refractivity contribution is 6.62. The summed E-state index contributed by atoms with van der Waals surface area (Å²) in [4.78, 5) is 13.6. The third kappa shape index (κ3) is 4.57. The van der Waals surface area contributed by atoms with Crippen LogP contribution in [-0.2, 0) is 20.6 Å². The molecular formula is C19H29BFNO4. The van der Waals surface area contributed by atoms with Crippen molar-refractivity contribution >= 4 is 18.7 Å². The molecule has 0 spiro atoms. The van der Waals surface area contributed by atoms with Crippen LogP contribution in [0, 0.1) is 5.82 Å². The van der Waals surface area contributed by atoms with E-state index in [1.807, 2.05) is 27.7 Å². The lowest BCUT2D eigenvalue weighted by atomic mass is 9.76. The second-order valence-corrected chi connectivity index (χ2v) is 8.77. The fourth-order valence-electron chi connectivity index (χ4n) is 2.57. The molecule has 0 saturated carbocycles. The summed E-state index contributed by atoms with van der Waals surface area (Å²) in [5.41, 5.74) is -0.264. The van der Waals surface area contributed by atoms with E-state index in [0.717, 1.165) is 0 Å². The van der Waals surface area contributed by atoms with Gasteiger partial charge in [0.05, 0.1) is 11.2 Å². The molecule has 0 unspecified atom stereocenters. The van der Waals surface area contributed by atoms with Crippen molar-refractivity contribution in [1.29, 1.82) is 0 Å². The van der Waals surface area contributed by atoms with Gasteiger partial charge >= 0.3 is 13.2 Å². The highest BCUT2D eigenvalue weighted by Crippen LogP contribution is 2.36. The molecule has 1 fully saturated rings. The van der Waals surface area contributed by atoms with Gasteiger partial charge in [0.1, 0.15) is 11.4 Å². The standard InChI is InChI=1S/C19H29BFNO4/c1-17(2,3)24-16(23)22(8)12-13-11-14(21)9-10-15(13)20-25-18(4,5)19(6,7)26-20/h9-11H,12H2,1-8H3. The number of rotatable bonds is 3. The smallest absolute Gasteiger partial charge is 0.444 e. The van der Waals surface area contributed by atoms with E-state index >= 15 is 0 Å². The molecule has 0 aliphatic carbocycles. The van der Waals surface area contributed by atoms with Crippen LogP contribution in [-0.4, -0.2) is 42.0 Å². The van der Waals surface area contributed by atoms with Crippen LogP contribution in [0.4, 0.5) is 9.18 Å². The average molecular weight is 365 g/mol. The Morgan fingerprint density at radius 3 is 2.23 bits per heavy atom.